The van der Waals surface area contributed by atoms with Gasteiger partial charge in [-0.1, -0.05) is 75.2 Å². The quantitative estimate of drug-likeness (QED) is 0.659. The van der Waals surface area contributed by atoms with Gasteiger partial charge in [0.15, 0.2) is 0 Å². The van der Waals surface area contributed by atoms with Crippen LogP contribution >= 0.6 is 0 Å². The summed E-state index contributed by atoms with van der Waals surface area (Å²) in [6.45, 7) is 14.9. The van der Waals surface area contributed by atoms with E-state index in [1.165, 1.54) is 0 Å². The van der Waals surface area contributed by atoms with Crippen molar-refractivity contribution in [3.8, 4) is 0 Å². The minimum absolute atomic E-state index is 0.0397. The number of hydrogen-bond donors (Lipinski definition) is 0. The van der Waals surface area contributed by atoms with E-state index in [0.29, 0.717) is 0 Å². The van der Waals surface area contributed by atoms with Crippen LogP contribution in [0.4, 0.5) is 0 Å². The molecular formula is C12H27Si3. The van der Waals surface area contributed by atoms with Crippen molar-refractivity contribution in [1.29, 1.82) is 0 Å². The Balaban J connectivity index is 2.64. The zero-order chi connectivity index (χ0) is 11.6. The van der Waals surface area contributed by atoms with Gasteiger partial charge in [-0.15, -0.1) is 0 Å². The zero-order valence-corrected chi connectivity index (χ0v) is 14.4. The largest absolute Gasteiger partial charge is 0.0654 e. The van der Waals surface area contributed by atoms with E-state index >= 15 is 0 Å². The molecule has 1 aliphatic rings. The molecule has 0 nitrogen and oxygen atoms in total. The van der Waals surface area contributed by atoms with Gasteiger partial charge in [-0.3, -0.25) is 0 Å². The molecule has 1 fully saturated rings. The van der Waals surface area contributed by atoms with Crippen LogP contribution in [0, 0.1) is 0 Å². The topological polar surface area (TPSA) is 0 Å². The number of hydrogen-bond acceptors (Lipinski definition) is 0. The normalized spacial score (nSPS) is 22.2. The van der Waals surface area contributed by atoms with Crippen molar-refractivity contribution in [3.05, 3.63) is 0 Å². The summed E-state index contributed by atoms with van der Waals surface area (Å²) in [6.07, 6.45) is 0. The van der Waals surface area contributed by atoms with E-state index in [1.807, 2.05) is 0 Å². The van der Waals surface area contributed by atoms with Crippen LogP contribution in [0.25, 0.3) is 0 Å². The van der Waals surface area contributed by atoms with Gasteiger partial charge in [0.25, 0.3) is 0 Å². The Morgan fingerprint density at radius 2 is 0.733 bits per heavy atom. The summed E-state index contributed by atoms with van der Waals surface area (Å²) in [7, 11) is 0.119. The lowest BCUT2D eigenvalue weighted by atomic mass is 10.6. The monoisotopic (exact) mass is 255 g/mol. The van der Waals surface area contributed by atoms with Crippen molar-refractivity contribution in [2.24, 2.45) is 0 Å². The molecule has 0 atom stereocenters. The SMILES string of the molecule is CC(C)[Si]1C[Si](C(C)C)C[Si](C(C)C)C1. The lowest BCUT2D eigenvalue weighted by Crippen LogP contribution is -2.43. The maximum atomic E-state index is 2.49. The molecule has 0 amide bonds. The molecule has 3 heteroatoms. The molecule has 0 unspecified atom stereocenters. The van der Waals surface area contributed by atoms with Gasteiger partial charge in [-0.05, 0) is 0 Å². The third-order valence-corrected chi connectivity index (χ3v) is 19.6. The van der Waals surface area contributed by atoms with Gasteiger partial charge in [-0.25, -0.2) is 0 Å². The van der Waals surface area contributed by atoms with Gasteiger partial charge >= 0.3 is 0 Å². The lowest BCUT2D eigenvalue weighted by molar-refractivity contribution is 0.976. The molecule has 0 saturated carbocycles. The van der Waals surface area contributed by atoms with Crippen molar-refractivity contribution >= 4 is 26.4 Å². The summed E-state index contributed by atoms with van der Waals surface area (Å²) in [4.78, 5) is 0. The van der Waals surface area contributed by atoms with Crippen molar-refractivity contribution in [3.63, 3.8) is 0 Å². The third kappa shape index (κ3) is 3.86. The van der Waals surface area contributed by atoms with Gasteiger partial charge < -0.3 is 0 Å². The van der Waals surface area contributed by atoms with Crippen LogP contribution in [-0.2, 0) is 0 Å². The molecule has 1 heterocycles. The Labute approximate surface area is 102 Å². The standard InChI is InChI=1S/C12H27Si3/c1-10(2)13-7-14(11(3)4)9-15(8-13)12(5)6/h10-12H,7-9H2,1-6H3. The number of rotatable bonds is 3. The van der Waals surface area contributed by atoms with Crippen LogP contribution in [0.2, 0.25) is 33.6 Å². The van der Waals surface area contributed by atoms with Crippen molar-refractivity contribution in [2.45, 2.75) is 75.2 Å². The molecular weight excluding hydrogens is 228 g/mol. The fourth-order valence-electron chi connectivity index (χ4n) is 2.29. The summed E-state index contributed by atoms with van der Waals surface area (Å²) in [5.74, 6) is 0. The third-order valence-electron chi connectivity index (χ3n) is 3.81. The molecule has 0 bridgehead atoms. The molecule has 3 radical (unpaired) electrons. The Kier molecular flexibility index (Phi) is 5.32. The molecule has 15 heavy (non-hydrogen) atoms. The molecule has 1 saturated heterocycles. The van der Waals surface area contributed by atoms with Crippen LogP contribution in [-0.4, -0.2) is 26.4 Å². The van der Waals surface area contributed by atoms with Gasteiger partial charge in [0.05, 0.1) is 0 Å². The highest BCUT2D eigenvalue weighted by molar-refractivity contribution is 6.96. The average molecular weight is 256 g/mol. The minimum atomic E-state index is 0.0397. The van der Waals surface area contributed by atoms with E-state index in [-0.39, 0.29) is 26.4 Å². The predicted octanol–water partition coefficient (Wildman–Crippen LogP) is 4.33. The smallest absolute Gasteiger partial charge is 0.0446 e. The second-order valence-electron chi connectivity index (χ2n) is 5.97. The maximum Gasteiger partial charge on any atom is 0.0446 e. The highest BCUT2D eigenvalue weighted by atomic mass is 28.4. The van der Waals surface area contributed by atoms with Crippen LogP contribution in [0.5, 0.6) is 0 Å². The predicted molar refractivity (Wildman–Crippen MR) is 77.0 cm³/mol. The Morgan fingerprint density at radius 1 is 0.533 bits per heavy atom. The molecule has 1 rings (SSSR count). The minimum Gasteiger partial charge on any atom is -0.0654 e. The Bertz CT molecular complexity index is 150. The molecule has 0 spiro atoms. The molecule has 0 aromatic heterocycles. The molecule has 0 N–H and O–H groups in total. The van der Waals surface area contributed by atoms with E-state index in [2.05, 4.69) is 41.5 Å². The van der Waals surface area contributed by atoms with E-state index in [9.17, 15) is 0 Å². The molecule has 1 aliphatic heterocycles. The van der Waals surface area contributed by atoms with Gasteiger partial charge in [0.2, 0.25) is 0 Å². The van der Waals surface area contributed by atoms with Gasteiger partial charge in [-0.2, -0.15) is 0 Å². The summed E-state index contributed by atoms with van der Waals surface area (Å²) in [5, 5.41) is 0. The second-order valence-corrected chi connectivity index (χ2v) is 17.6. The summed E-state index contributed by atoms with van der Waals surface area (Å²) in [6, 6.07) is 0. The summed E-state index contributed by atoms with van der Waals surface area (Å²) < 4.78 is 0. The lowest BCUT2D eigenvalue weighted by Gasteiger charge is -2.37. The molecule has 87 valence electrons. The Hall–Kier alpha value is 0.651. The second kappa shape index (κ2) is 5.82. The first-order valence-electron chi connectivity index (χ1n) is 6.45. The molecule has 0 aromatic carbocycles. The van der Waals surface area contributed by atoms with Gasteiger partial charge in [0.1, 0.15) is 0 Å². The van der Waals surface area contributed by atoms with Gasteiger partial charge in [0, 0.05) is 26.4 Å². The van der Waals surface area contributed by atoms with E-state index in [1.54, 1.807) is 17.0 Å². The first kappa shape index (κ1) is 13.7. The summed E-state index contributed by atoms with van der Waals surface area (Å²) in [5.41, 5.74) is 8.25. The summed E-state index contributed by atoms with van der Waals surface area (Å²) >= 11 is 0. The van der Waals surface area contributed by atoms with Crippen LogP contribution in [0.1, 0.15) is 41.5 Å². The first-order chi connectivity index (χ1) is 6.91. The van der Waals surface area contributed by atoms with Crippen molar-refractivity contribution < 1.29 is 0 Å². The first-order valence-corrected chi connectivity index (χ1v) is 12.4. The van der Waals surface area contributed by atoms with Crippen molar-refractivity contribution in [1.82, 2.24) is 0 Å². The highest BCUT2D eigenvalue weighted by Crippen LogP contribution is 2.34. The van der Waals surface area contributed by atoms with E-state index in [0.717, 1.165) is 16.6 Å². The Morgan fingerprint density at radius 3 is 0.867 bits per heavy atom. The van der Waals surface area contributed by atoms with Crippen molar-refractivity contribution in [2.75, 3.05) is 0 Å². The van der Waals surface area contributed by atoms with E-state index < -0.39 is 0 Å². The van der Waals surface area contributed by atoms with Crippen LogP contribution in [0.3, 0.4) is 0 Å². The molecule has 0 aliphatic carbocycles. The zero-order valence-electron chi connectivity index (χ0n) is 11.4. The fourth-order valence-corrected chi connectivity index (χ4v) is 24.0. The van der Waals surface area contributed by atoms with E-state index in [4.69, 9.17) is 0 Å². The maximum absolute atomic E-state index is 2.49. The average Bonchev–Trinajstić information content (AvgIpc) is 2.16. The van der Waals surface area contributed by atoms with Crippen LogP contribution in [0.15, 0.2) is 0 Å². The van der Waals surface area contributed by atoms with Crippen LogP contribution < -0.4 is 0 Å². The highest BCUT2D eigenvalue weighted by Gasteiger charge is 2.35. The molecule has 0 aromatic rings. The fraction of sp³-hybridized carbons (Fsp3) is 1.00.